The lowest BCUT2D eigenvalue weighted by molar-refractivity contribution is 0.658. The zero-order valence-corrected chi connectivity index (χ0v) is 20.9. The van der Waals surface area contributed by atoms with Crippen molar-refractivity contribution < 1.29 is 0 Å². The summed E-state index contributed by atoms with van der Waals surface area (Å²) >= 11 is 0. The Hall–Kier alpha value is -4.56. The molecule has 0 bridgehead atoms. The van der Waals surface area contributed by atoms with Crippen molar-refractivity contribution in [1.82, 2.24) is 9.97 Å². The molecule has 0 unspecified atom stereocenters. The van der Waals surface area contributed by atoms with Crippen molar-refractivity contribution in [3.05, 3.63) is 132 Å². The number of hydrogen-bond acceptors (Lipinski definition) is 2. The molecule has 0 saturated heterocycles. The van der Waals surface area contributed by atoms with Gasteiger partial charge in [-0.2, -0.15) is 0 Å². The highest BCUT2D eigenvalue weighted by atomic mass is 14.9. The zero-order chi connectivity index (χ0) is 25.0. The molecule has 0 N–H and O–H groups in total. The predicted molar refractivity (Wildman–Crippen MR) is 153 cm³/mol. The third-order valence-electron chi connectivity index (χ3n) is 7.65. The smallest absolute Gasteiger partial charge is 0.160 e. The van der Waals surface area contributed by atoms with Gasteiger partial charge < -0.3 is 0 Å². The minimum absolute atomic E-state index is 0.218. The summed E-state index contributed by atoms with van der Waals surface area (Å²) in [5.74, 6) is 0.756. The summed E-state index contributed by atoms with van der Waals surface area (Å²) < 4.78 is 0. The van der Waals surface area contributed by atoms with Crippen molar-refractivity contribution in [3.8, 4) is 45.0 Å². The van der Waals surface area contributed by atoms with Gasteiger partial charge in [0.05, 0.1) is 11.4 Å². The van der Waals surface area contributed by atoms with Crippen molar-refractivity contribution in [1.29, 1.82) is 0 Å². The Morgan fingerprint density at radius 3 is 1.92 bits per heavy atom. The van der Waals surface area contributed by atoms with Crippen LogP contribution < -0.4 is 0 Å². The molecular weight excluding hydrogens is 448 g/mol. The Bertz CT molecular complexity index is 1780. The molecule has 37 heavy (non-hydrogen) atoms. The first kappa shape index (κ1) is 21.7. The largest absolute Gasteiger partial charge is 0.228 e. The van der Waals surface area contributed by atoms with Crippen LogP contribution in [0.25, 0.3) is 55.8 Å². The maximum Gasteiger partial charge on any atom is 0.160 e. The summed E-state index contributed by atoms with van der Waals surface area (Å²) in [5.41, 5.74) is 10.1. The molecule has 0 amide bonds. The van der Waals surface area contributed by atoms with E-state index in [1.54, 1.807) is 0 Å². The van der Waals surface area contributed by atoms with E-state index in [-0.39, 0.29) is 5.41 Å². The molecule has 2 heteroatoms. The average Bonchev–Trinajstić information content (AvgIpc) is 3.20. The topological polar surface area (TPSA) is 25.8 Å². The summed E-state index contributed by atoms with van der Waals surface area (Å²) in [5, 5.41) is 2.48. The van der Waals surface area contributed by atoms with Crippen LogP contribution in [-0.2, 0) is 5.41 Å². The average molecular weight is 475 g/mol. The summed E-state index contributed by atoms with van der Waals surface area (Å²) in [6, 6.07) is 42.8. The SMILES string of the molecule is CC1(C)c2ccc3ccccc3c2-c2nc(-c3cccc(-c4ccccc4)c3)nc(-c3ccccc3)c21. The van der Waals surface area contributed by atoms with Crippen LogP contribution in [0.3, 0.4) is 0 Å². The van der Waals surface area contributed by atoms with Gasteiger partial charge in [-0.05, 0) is 33.5 Å². The van der Waals surface area contributed by atoms with Gasteiger partial charge >= 0.3 is 0 Å². The van der Waals surface area contributed by atoms with Crippen LogP contribution in [0.2, 0.25) is 0 Å². The lowest BCUT2D eigenvalue weighted by atomic mass is 9.80. The molecule has 0 aliphatic heterocycles. The molecule has 6 aromatic rings. The van der Waals surface area contributed by atoms with Crippen molar-refractivity contribution in [3.63, 3.8) is 0 Å². The first-order chi connectivity index (χ1) is 18.1. The third kappa shape index (κ3) is 3.41. The maximum atomic E-state index is 5.32. The van der Waals surface area contributed by atoms with Gasteiger partial charge in [0, 0.05) is 27.7 Å². The zero-order valence-electron chi connectivity index (χ0n) is 20.9. The van der Waals surface area contributed by atoms with Crippen LogP contribution in [0.1, 0.15) is 25.0 Å². The van der Waals surface area contributed by atoms with Gasteiger partial charge in [0.1, 0.15) is 0 Å². The molecule has 1 aliphatic rings. The standard InChI is InChI=1S/C35H26N2/c1-35(2)29-21-20-24-14-9-10-19-28(24)30(29)33-31(35)32(25-15-7-4-8-16-25)36-34(37-33)27-18-11-17-26(22-27)23-12-5-3-6-13-23/h3-22H,1-2H3. The highest BCUT2D eigenvalue weighted by Crippen LogP contribution is 2.53. The fourth-order valence-electron chi connectivity index (χ4n) is 5.82. The van der Waals surface area contributed by atoms with Gasteiger partial charge in [0.25, 0.3) is 0 Å². The molecule has 176 valence electrons. The summed E-state index contributed by atoms with van der Waals surface area (Å²) in [6.07, 6.45) is 0. The van der Waals surface area contributed by atoms with E-state index in [0.29, 0.717) is 0 Å². The Kier molecular flexibility index (Phi) is 4.84. The van der Waals surface area contributed by atoms with Crippen LogP contribution in [-0.4, -0.2) is 9.97 Å². The summed E-state index contributed by atoms with van der Waals surface area (Å²) in [4.78, 5) is 10.6. The highest BCUT2D eigenvalue weighted by molar-refractivity contribution is 6.03. The highest BCUT2D eigenvalue weighted by Gasteiger charge is 2.41. The lowest BCUT2D eigenvalue weighted by Gasteiger charge is -2.24. The number of rotatable bonds is 3. The summed E-state index contributed by atoms with van der Waals surface area (Å²) in [6.45, 7) is 4.61. The number of fused-ring (bicyclic) bond motifs is 5. The van der Waals surface area contributed by atoms with Crippen molar-refractivity contribution in [2.24, 2.45) is 0 Å². The number of aromatic nitrogens is 2. The number of hydrogen-bond donors (Lipinski definition) is 0. The van der Waals surface area contributed by atoms with E-state index in [4.69, 9.17) is 9.97 Å². The van der Waals surface area contributed by atoms with Crippen LogP contribution in [0.4, 0.5) is 0 Å². The predicted octanol–water partition coefficient (Wildman–Crippen LogP) is 8.94. The second-order valence-corrected chi connectivity index (χ2v) is 10.3. The van der Waals surface area contributed by atoms with E-state index >= 15 is 0 Å². The molecular formula is C35H26N2. The Morgan fingerprint density at radius 2 is 1.14 bits per heavy atom. The van der Waals surface area contributed by atoms with Gasteiger partial charge in [-0.1, -0.05) is 129 Å². The molecule has 0 atom stereocenters. The van der Waals surface area contributed by atoms with Gasteiger partial charge in [0.15, 0.2) is 5.82 Å². The van der Waals surface area contributed by atoms with Gasteiger partial charge in [0.2, 0.25) is 0 Å². The molecule has 0 radical (unpaired) electrons. The van der Waals surface area contributed by atoms with E-state index in [9.17, 15) is 0 Å². The molecule has 7 rings (SSSR count). The quantitative estimate of drug-likeness (QED) is 0.256. The molecule has 1 aliphatic carbocycles. The molecule has 2 nitrogen and oxygen atoms in total. The minimum Gasteiger partial charge on any atom is -0.228 e. The van der Waals surface area contributed by atoms with Gasteiger partial charge in [-0.15, -0.1) is 0 Å². The molecule has 0 fully saturated rings. The number of benzene rings is 5. The first-order valence-electron chi connectivity index (χ1n) is 12.8. The molecule has 1 aromatic heterocycles. The molecule has 0 saturated carbocycles. The van der Waals surface area contributed by atoms with Crippen LogP contribution in [0, 0.1) is 0 Å². The Labute approximate surface area is 217 Å². The van der Waals surface area contributed by atoms with Crippen LogP contribution >= 0.6 is 0 Å². The van der Waals surface area contributed by atoms with E-state index in [1.807, 2.05) is 6.07 Å². The minimum atomic E-state index is -0.218. The van der Waals surface area contributed by atoms with E-state index in [1.165, 1.54) is 33.0 Å². The monoisotopic (exact) mass is 474 g/mol. The fraction of sp³-hybridized carbons (Fsp3) is 0.0857. The van der Waals surface area contributed by atoms with Crippen molar-refractivity contribution in [2.45, 2.75) is 19.3 Å². The maximum absolute atomic E-state index is 5.32. The molecule has 5 aromatic carbocycles. The van der Waals surface area contributed by atoms with E-state index in [2.05, 4.69) is 129 Å². The Morgan fingerprint density at radius 1 is 0.514 bits per heavy atom. The van der Waals surface area contributed by atoms with Crippen molar-refractivity contribution >= 4 is 10.8 Å². The fourth-order valence-corrected chi connectivity index (χ4v) is 5.82. The molecule has 0 spiro atoms. The van der Waals surface area contributed by atoms with Gasteiger partial charge in [-0.3, -0.25) is 0 Å². The summed E-state index contributed by atoms with van der Waals surface area (Å²) in [7, 11) is 0. The normalized spacial score (nSPS) is 13.4. The second-order valence-electron chi connectivity index (χ2n) is 10.3. The Balaban J connectivity index is 1.54. The van der Waals surface area contributed by atoms with Crippen LogP contribution in [0.15, 0.2) is 121 Å². The second kappa shape index (κ2) is 8.25. The first-order valence-corrected chi connectivity index (χ1v) is 12.8. The lowest BCUT2D eigenvalue weighted by Crippen LogP contribution is -2.17. The molecule has 1 heterocycles. The number of nitrogens with zero attached hydrogens (tertiary/aromatic N) is 2. The van der Waals surface area contributed by atoms with Crippen molar-refractivity contribution in [2.75, 3.05) is 0 Å². The van der Waals surface area contributed by atoms with Crippen LogP contribution in [0.5, 0.6) is 0 Å². The third-order valence-corrected chi connectivity index (χ3v) is 7.65. The van der Waals surface area contributed by atoms with Gasteiger partial charge in [-0.25, -0.2) is 9.97 Å². The van der Waals surface area contributed by atoms with E-state index < -0.39 is 0 Å². The van der Waals surface area contributed by atoms with E-state index in [0.717, 1.165) is 33.9 Å².